The van der Waals surface area contributed by atoms with Crippen molar-refractivity contribution in [2.75, 3.05) is 0 Å². The molecule has 0 heterocycles. The van der Waals surface area contributed by atoms with Gasteiger partial charge in [0.2, 0.25) is 0 Å². The van der Waals surface area contributed by atoms with Crippen molar-refractivity contribution in [2.45, 2.75) is 78.1 Å². The van der Waals surface area contributed by atoms with Crippen molar-refractivity contribution in [2.24, 2.45) is 5.92 Å². The van der Waals surface area contributed by atoms with E-state index in [1.807, 2.05) is 0 Å². The van der Waals surface area contributed by atoms with E-state index in [9.17, 15) is 0 Å². The van der Waals surface area contributed by atoms with E-state index in [4.69, 9.17) is 4.43 Å². The van der Waals surface area contributed by atoms with Crippen molar-refractivity contribution in [3.8, 4) is 0 Å². The SMILES string of the molecule is CCCCC(CCCC)C(O[Si](C)(C)C)c1ccccc1. The second-order valence-corrected chi connectivity index (χ2v) is 11.6. The monoisotopic (exact) mass is 306 g/mol. The summed E-state index contributed by atoms with van der Waals surface area (Å²) >= 11 is 0. The van der Waals surface area contributed by atoms with Crippen LogP contribution in [0.1, 0.15) is 64.0 Å². The minimum Gasteiger partial charge on any atom is -0.410 e. The Labute approximate surface area is 133 Å². The van der Waals surface area contributed by atoms with Crippen molar-refractivity contribution < 1.29 is 4.43 Å². The van der Waals surface area contributed by atoms with Crippen LogP contribution < -0.4 is 0 Å². The molecule has 0 amide bonds. The Morgan fingerprint density at radius 3 is 1.86 bits per heavy atom. The molecule has 21 heavy (non-hydrogen) atoms. The average molecular weight is 307 g/mol. The van der Waals surface area contributed by atoms with Gasteiger partial charge in [0, 0.05) is 0 Å². The predicted molar refractivity (Wildman–Crippen MR) is 96.2 cm³/mol. The Balaban J connectivity index is 2.93. The molecule has 0 aliphatic heterocycles. The van der Waals surface area contributed by atoms with Crippen LogP contribution in [0.5, 0.6) is 0 Å². The molecule has 1 atom stereocenters. The van der Waals surface area contributed by atoms with Crippen LogP contribution >= 0.6 is 0 Å². The van der Waals surface area contributed by atoms with Gasteiger partial charge < -0.3 is 4.43 Å². The zero-order valence-corrected chi connectivity index (χ0v) is 15.7. The summed E-state index contributed by atoms with van der Waals surface area (Å²) in [5.74, 6) is 0.666. The topological polar surface area (TPSA) is 9.23 Å². The van der Waals surface area contributed by atoms with Gasteiger partial charge in [0.05, 0.1) is 6.10 Å². The minimum absolute atomic E-state index is 0.288. The molecule has 2 heteroatoms. The summed E-state index contributed by atoms with van der Waals surface area (Å²) < 4.78 is 6.62. The number of hydrogen-bond donors (Lipinski definition) is 0. The summed E-state index contributed by atoms with van der Waals surface area (Å²) in [6.07, 6.45) is 8.05. The summed E-state index contributed by atoms with van der Waals surface area (Å²) in [7, 11) is -1.54. The van der Waals surface area contributed by atoms with E-state index >= 15 is 0 Å². The second kappa shape index (κ2) is 9.42. The summed E-state index contributed by atoms with van der Waals surface area (Å²) in [6, 6.07) is 10.9. The quantitative estimate of drug-likeness (QED) is 0.444. The van der Waals surface area contributed by atoms with E-state index < -0.39 is 8.32 Å². The molecule has 0 N–H and O–H groups in total. The lowest BCUT2D eigenvalue weighted by Crippen LogP contribution is -2.31. The van der Waals surface area contributed by atoms with E-state index in [-0.39, 0.29) is 6.10 Å². The molecule has 1 nitrogen and oxygen atoms in total. The third-order valence-corrected chi connectivity index (χ3v) is 4.85. The van der Waals surface area contributed by atoms with E-state index in [1.54, 1.807) is 0 Å². The molecule has 1 rings (SSSR count). The van der Waals surface area contributed by atoms with Gasteiger partial charge in [-0.25, -0.2) is 0 Å². The first kappa shape index (κ1) is 18.4. The van der Waals surface area contributed by atoms with Gasteiger partial charge in [-0.1, -0.05) is 69.9 Å². The fraction of sp³-hybridized carbons (Fsp3) is 0.684. The number of unbranched alkanes of at least 4 members (excludes halogenated alkanes) is 2. The van der Waals surface area contributed by atoms with Gasteiger partial charge in [-0.3, -0.25) is 0 Å². The molecule has 0 aliphatic carbocycles. The molecule has 0 radical (unpaired) electrons. The van der Waals surface area contributed by atoms with Crippen molar-refractivity contribution in [3.63, 3.8) is 0 Å². The van der Waals surface area contributed by atoms with Crippen molar-refractivity contribution in [1.29, 1.82) is 0 Å². The molecule has 120 valence electrons. The van der Waals surface area contributed by atoms with Crippen LogP contribution in [0.25, 0.3) is 0 Å². The average Bonchev–Trinajstić information content (AvgIpc) is 2.45. The summed E-state index contributed by atoms with van der Waals surface area (Å²) in [4.78, 5) is 0. The van der Waals surface area contributed by atoms with E-state index in [0.717, 1.165) is 0 Å². The van der Waals surface area contributed by atoms with Gasteiger partial charge in [-0.2, -0.15) is 0 Å². The molecule has 0 fully saturated rings. The molecule has 1 unspecified atom stereocenters. The van der Waals surface area contributed by atoms with Gasteiger partial charge in [0.15, 0.2) is 8.32 Å². The highest BCUT2D eigenvalue weighted by Gasteiger charge is 2.28. The number of hydrogen-bond acceptors (Lipinski definition) is 1. The fourth-order valence-corrected chi connectivity index (χ4v) is 3.93. The van der Waals surface area contributed by atoms with Crippen LogP contribution in [0, 0.1) is 5.92 Å². The lowest BCUT2D eigenvalue weighted by Gasteiger charge is -2.33. The molecule has 0 aliphatic rings. The Hall–Kier alpha value is -0.603. The van der Waals surface area contributed by atoms with E-state index in [2.05, 4.69) is 63.8 Å². The van der Waals surface area contributed by atoms with Crippen molar-refractivity contribution in [1.82, 2.24) is 0 Å². The van der Waals surface area contributed by atoms with Gasteiger partial charge in [0.1, 0.15) is 0 Å². The molecule has 0 spiro atoms. The summed E-state index contributed by atoms with van der Waals surface area (Å²) in [5, 5.41) is 0. The maximum absolute atomic E-state index is 6.62. The Morgan fingerprint density at radius 1 is 0.905 bits per heavy atom. The third kappa shape index (κ3) is 7.28. The van der Waals surface area contributed by atoms with Crippen LogP contribution in [0.15, 0.2) is 30.3 Å². The molecule has 0 saturated heterocycles. The molecule has 1 aromatic rings. The molecular formula is C19H34OSi. The standard InChI is InChI=1S/C19H34OSi/c1-6-8-13-17(14-9-7-2)19(20-21(3,4)5)18-15-11-10-12-16-18/h10-12,15-17,19H,6-9,13-14H2,1-5H3. The zero-order valence-electron chi connectivity index (χ0n) is 14.7. The number of rotatable bonds is 10. The smallest absolute Gasteiger partial charge is 0.184 e. The highest BCUT2D eigenvalue weighted by Crippen LogP contribution is 2.35. The molecule has 1 aromatic carbocycles. The summed E-state index contributed by atoms with van der Waals surface area (Å²) in [6.45, 7) is 11.5. The molecule has 0 bridgehead atoms. The highest BCUT2D eigenvalue weighted by atomic mass is 28.4. The van der Waals surface area contributed by atoms with Gasteiger partial charge in [0.25, 0.3) is 0 Å². The van der Waals surface area contributed by atoms with Crippen LogP contribution in [-0.4, -0.2) is 8.32 Å². The molecular weight excluding hydrogens is 272 g/mol. The predicted octanol–water partition coefficient (Wildman–Crippen LogP) is 6.58. The maximum Gasteiger partial charge on any atom is 0.184 e. The Bertz CT molecular complexity index is 361. The fourth-order valence-electron chi connectivity index (χ4n) is 2.84. The molecule has 0 saturated carbocycles. The number of benzene rings is 1. The van der Waals surface area contributed by atoms with Crippen molar-refractivity contribution >= 4 is 8.32 Å². The van der Waals surface area contributed by atoms with Crippen LogP contribution in [0.3, 0.4) is 0 Å². The lowest BCUT2D eigenvalue weighted by molar-refractivity contribution is 0.112. The minimum atomic E-state index is -1.54. The maximum atomic E-state index is 6.62. The first-order chi connectivity index (χ1) is 9.98. The second-order valence-electron chi connectivity index (χ2n) is 7.11. The van der Waals surface area contributed by atoms with E-state index in [1.165, 1.54) is 44.1 Å². The van der Waals surface area contributed by atoms with E-state index in [0.29, 0.717) is 5.92 Å². The Kier molecular flexibility index (Phi) is 8.28. The van der Waals surface area contributed by atoms with Crippen LogP contribution in [0.4, 0.5) is 0 Å². The third-order valence-electron chi connectivity index (χ3n) is 3.89. The van der Waals surface area contributed by atoms with Gasteiger partial charge in [-0.15, -0.1) is 0 Å². The van der Waals surface area contributed by atoms with Crippen molar-refractivity contribution in [3.05, 3.63) is 35.9 Å². The normalized spacial score (nSPS) is 13.6. The first-order valence-electron chi connectivity index (χ1n) is 8.70. The first-order valence-corrected chi connectivity index (χ1v) is 12.1. The molecule has 0 aromatic heterocycles. The highest BCUT2D eigenvalue weighted by molar-refractivity contribution is 6.69. The largest absolute Gasteiger partial charge is 0.410 e. The van der Waals surface area contributed by atoms with Crippen LogP contribution in [-0.2, 0) is 4.43 Å². The Morgan fingerprint density at radius 2 is 1.43 bits per heavy atom. The van der Waals surface area contributed by atoms with Gasteiger partial charge >= 0.3 is 0 Å². The summed E-state index contributed by atoms with van der Waals surface area (Å²) in [5.41, 5.74) is 1.37. The van der Waals surface area contributed by atoms with Crippen LogP contribution in [0.2, 0.25) is 19.6 Å². The zero-order chi connectivity index (χ0) is 15.7. The lowest BCUT2D eigenvalue weighted by atomic mass is 9.87. The van der Waals surface area contributed by atoms with Gasteiger partial charge in [-0.05, 0) is 44.0 Å².